The molecule has 0 spiro atoms. The zero-order chi connectivity index (χ0) is 25.7. The molecule has 1 aliphatic rings. The molecule has 1 amide bonds. The van der Waals surface area contributed by atoms with E-state index in [1.165, 1.54) is 5.56 Å². The molecule has 0 radical (unpaired) electrons. The fraction of sp³-hybridized carbons (Fsp3) is 0.276. The van der Waals surface area contributed by atoms with Crippen LogP contribution < -0.4 is 11.5 Å². The van der Waals surface area contributed by atoms with Gasteiger partial charge in [0.25, 0.3) is 0 Å². The Morgan fingerprint density at radius 2 is 1.61 bits per heavy atom. The molecule has 1 heterocycles. The molecule has 1 saturated heterocycles. The van der Waals surface area contributed by atoms with Crippen LogP contribution in [-0.4, -0.2) is 40.8 Å². The fourth-order valence-corrected chi connectivity index (χ4v) is 5.09. The highest BCUT2D eigenvalue weighted by molar-refractivity contribution is 5.95. The van der Waals surface area contributed by atoms with Gasteiger partial charge in [0, 0.05) is 18.7 Å². The lowest BCUT2D eigenvalue weighted by molar-refractivity contribution is -0.146. The van der Waals surface area contributed by atoms with Crippen LogP contribution in [0.3, 0.4) is 0 Å². The lowest BCUT2D eigenvalue weighted by Crippen LogP contribution is -2.42. The minimum absolute atomic E-state index is 0.00436. The molecule has 2 atom stereocenters. The molecule has 0 unspecified atom stereocenters. The van der Waals surface area contributed by atoms with Gasteiger partial charge in [-0.1, -0.05) is 78.9 Å². The van der Waals surface area contributed by atoms with Gasteiger partial charge < -0.3 is 21.5 Å². The van der Waals surface area contributed by atoms with Crippen LogP contribution in [0.2, 0.25) is 0 Å². The number of rotatable bonds is 10. The highest BCUT2D eigenvalue weighted by Gasteiger charge is 2.52. The van der Waals surface area contributed by atoms with Crippen molar-refractivity contribution in [2.24, 2.45) is 16.9 Å². The van der Waals surface area contributed by atoms with Crippen LogP contribution in [0, 0.1) is 10.8 Å². The third-order valence-corrected chi connectivity index (χ3v) is 7.09. The summed E-state index contributed by atoms with van der Waals surface area (Å²) < 4.78 is 0. The maximum atomic E-state index is 13.6. The van der Waals surface area contributed by atoms with Gasteiger partial charge in [0.2, 0.25) is 5.91 Å². The van der Waals surface area contributed by atoms with Crippen LogP contribution in [0.5, 0.6) is 0 Å². The molecule has 1 fully saturated rings. The smallest absolute Gasteiger partial charge is 0.304 e. The Bertz CT molecular complexity index is 1230. The molecular formula is C29H32N4O3. The van der Waals surface area contributed by atoms with E-state index in [2.05, 4.69) is 12.1 Å². The van der Waals surface area contributed by atoms with Crippen LogP contribution in [0.25, 0.3) is 11.1 Å². The predicted molar refractivity (Wildman–Crippen MR) is 140 cm³/mol. The summed E-state index contributed by atoms with van der Waals surface area (Å²) in [5.41, 5.74) is 15.3. The first kappa shape index (κ1) is 25.1. The average molecular weight is 485 g/mol. The van der Waals surface area contributed by atoms with Gasteiger partial charge in [0.1, 0.15) is 5.84 Å². The van der Waals surface area contributed by atoms with Gasteiger partial charge in [-0.3, -0.25) is 15.0 Å². The molecule has 6 N–H and O–H groups in total. The van der Waals surface area contributed by atoms with Crippen LogP contribution in [0.15, 0.2) is 78.9 Å². The normalized spacial score (nSPS) is 19.4. The van der Waals surface area contributed by atoms with Gasteiger partial charge in [-0.2, -0.15) is 0 Å². The second-order valence-electron chi connectivity index (χ2n) is 9.48. The van der Waals surface area contributed by atoms with Gasteiger partial charge in [-0.05, 0) is 41.5 Å². The molecular weight excluding hydrogens is 452 g/mol. The van der Waals surface area contributed by atoms with Crippen molar-refractivity contribution in [1.82, 2.24) is 4.90 Å². The summed E-state index contributed by atoms with van der Waals surface area (Å²) in [6.45, 7) is 0.540. The van der Waals surface area contributed by atoms with Crippen molar-refractivity contribution >= 4 is 17.7 Å². The number of nitrogens with two attached hydrogens (primary N) is 2. The third kappa shape index (κ3) is 5.31. The van der Waals surface area contributed by atoms with Gasteiger partial charge in [0.15, 0.2) is 0 Å². The number of carbonyl (C=O) groups excluding carboxylic acids is 1. The predicted octanol–water partition coefficient (Wildman–Crippen LogP) is 3.96. The Hall–Kier alpha value is -3.97. The topological polar surface area (TPSA) is 134 Å². The molecule has 0 bridgehead atoms. The molecule has 0 aromatic heterocycles. The van der Waals surface area contributed by atoms with Crippen molar-refractivity contribution in [2.75, 3.05) is 13.1 Å². The first-order valence-electron chi connectivity index (χ1n) is 12.1. The van der Waals surface area contributed by atoms with Crippen molar-refractivity contribution < 1.29 is 14.7 Å². The Morgan fingerprint density at radius 3 is 2.17 bits per heavy atom. The standard InChI is InChI=1S/C29H32N4O3/c30-19-29(18-26(34)35)17-25(33(28(29)36)16-4-7-20-5-2-1-3-6-20)23-12-8-21(9-13-23)22-10-14-24(15-11-22)27(31)32/h1-3,5-6,8-15,25H,4,7,16-19,30H2,(H3,31,32)(H,34,35)/t25-,29-/m0/s1. The number of carboxylic acid groups (broad SMARTS) is 1. The Balaban J connectivity index is 1.57. The Kier molecular flexibility index (Phi) is 7.50. The molecule has 4 rings (SSSR count). The first-order valence-corrected chi connectivity index (χ1v) is 12.1. The second kappa shape index (κ2) is 10.7. The monoisotopic (exact) mass is 484 g/mol. The van der Waals surface area contributed by atoms with Crippen molar-refractivity contribution in [3.63, 3.8) is 0 Å². The van der Waals surface area contributed by atoms with Crippen LogP contribution >= 0.6 is 0 Å². The summed E-state index contributed by atoms with van der Waals surface area (Å²) >= 11 is 0. The molecule has 7 nitrogen and oxygen atoms in total. The number of carbonyl (C=O) groups is 2. The number of amidine groups is 1. The molecule has 3 aromatic carbocycles. The molecule has 7 heteroatoms. The fourth-order valence-electron chi connectivity index (χ4n) is 5.09. The molecule has 0 aliphatic carbocycles. The summed E-state index contributed by atoms with van der Waals surface area (Å²) in [6, 6.07) is 25.4. The van der Waals surface area contributed by atoms with Crippen molar-refractivity contribution in [3.05, 3.63) is 95.6 Å². The van der Waals surface area contributed by atoms with E-state index in [4.69, 9.17) is 16.9 Å². The molecule has 36 heavy (non-hydrogen) atoms. The summed E-state index contributed by atoms with van der Waals surface area (Å²) in [4.78, 5) is 27.0. The van der Waals surface area contributed by atoms with Gasteiger partial charge in [0.05, 0.1) is 17.9 Å². The number of aryl methyl sites for hydroxylation is 1. The summed E-state index contributed by atoms with van der Waals surface area (Å²) in [5, 5.41) is 17.1. The van der Waals surface area contributed by atoms with E-state index < -0.39 is 11.4 Å². The number of hydrogen-bond acceptors (Lipinski definition) is 4. The minimum atomic E-state index is -1.09. The van der Waals surface area contributed by atoms with Crippen LogP contribution in [-0.2, 0) is 16.0 Å². The number of hydrogen-bond donors (Lipinski definition) is 4. The van der Waals surface area contributed by atoms with Crippen LogP contribution in [0.1, 0.15) is 42.0 Å². The molecule has 3 aromatic rings. The van der Waals surface area contributed by atoms with E-state index >= 15 is 0 Å². The van der Waals surface area contributed by atoms with E-state index in [-0.39, 0.29) is 30.8 Å². The quantitative estimate of drug-likeness (QED) is 0.255. The largest absolute Gasteiger partial charge is 0.481 e. The van der Waals surface area contributed by atoms with E-state index in [0.29, 0.717) is 18.5 Å². The Labute approximate surface area is 211 Å². The lowest BCUT2D eigenvalue weighted by Gasteiger charge is -2.26. The number of nitrogens with zero attached hydrogens (tertiary/aromatic N) is 1. The van der Waals surface area contributed by atoms with E-state index in [9.17, 15) is 14.7 Å². The highest BCUT2D eigenvalue weighted by Crippen LogP contribution is 2.46. The minimum Gasteiger partial charge on any atom is -0.481 e. The van der Waals surface area contributed by atoms with E-state index in [1.807, 2.05) is 71.6 Å². The van der Waals surface area contributed by atoms with Crippen molar-refractivity contribution in [2.45, 2.75) is 31.7 Å². The molecule has 1 aliphatic heterocycles. The number of aliphatic carboxylic acids is 1. The van der Waals surface area contributed by atoms with E-state index in [1.54, 1.807) is 0 Å². The summed E-state index contributed by atoms with van der Waals surface area (Å²) in [7, 11) is 0. The molecule has 0 saturated carbocycles. The van der Waals surface area contributed by atoms with Crippen molar-refractivity contribution in [1.29, 1.82) is 5.41 Å². The third-order valence-electron chi connectivity index (χ3n) is 7.09. The number of carboxylic acids is 1. The highest BCUT2D eigenvalue weighted by atomic mass is 16.4. The maximum absolute atomic E-state index is 13.6. The van der Waals surface area contributed by atoms with Crippen molar-refractivity contribution in [3.8, 4) is 11.1 Å². The van der Waals surface area contributed by atoms with Gasteiger partial charge >= 0.3 is 5.97 Å². The maximum Gasteiger partial charge on any atom is 0.304 e. The zero-order valence-electron chi connectivity index (χ0n) is 20.2. The number of benzene rings is 3. The van der Waals surface area contributed by atoms with Gasteiger partial charge in [-0.25, -0.2) is 0 Å². The zero-order valence-corrected chi connectivity index (χ0v) is 20.2. The van der Waals surface area contributed by atoms with E-state index in [0.717, 1.165) is 29.5 Å². The molecule has 186 valence electrons. The second-order valence-corrected chi connectivity index (χ2v) is 9.48. The number of nitrogen functional groups attached to an aromatic ring is 1. The number of amides is 1. The average Bonchev–Trinajstić information content (AvgIpc) is 3.16. The summed E-state index contributed by atoms with van der Waals surface area (Å²) in [5.74, 6) is -1.16. The first-order chi connectivity index (χ1) is 17.3. The van der Waals surface area contributed by atoms with Gasteiger partial charge in [-0.15, -0.1) is 0 Å². The van der Waals surface area contributed by atoms with Crippen LogP contribution in [0.4, 0.5) is 0 Å². The Morgan fingerprint density at radius 1 is 1.00 bits per heavy atom. The SMILES string of the molecule is N=C(N)c1ccc(-c2ccc([C@@H]3C[C@@](CN)(CC(=O)O)C(=O)N3CCCc3ccccc3)cc2)cc1. The summed E-state index contributed by atoms with van der Waals surface area (Å²) in [6.07, 6.45) is 1.73. The lowest BCUT2D eigenvalue weighted by atomic mass is 9.80. The number of nitrogens with one attached hydrogen (secondary N) is 1. The number of likely N-dealkylation sites (tertiary alicyclic amines) is 1.